The van der Waals surface area contributed by atoms with Crippen molar-refractivity contribution in [1.82, 2.24) is 9.97 Å². The molecule has 10 rings (SSSR count). The normalized spacial score (nSPS) is 10.6. The molecule has 8 aromatic carbocycles. The molecule has 2 aromatic heterocycles. The lowest BCUT2D eigenvalue weighted by molar-refractivity contribution is -0.145. The summed E-state index contributed by atoms with van der Waals surface area (Å²) in [5.74, 6) is -3.26. The number of aromatic nitrogens is 2. The first-order chi connectivity index (χ1) is 48.6. The van der Waals surface area contributed by atoms with Crippen LogP contribution in [0.4, 0.5) is 10.3 Å². The second-order valence-corrected chi connectivity index (χ2v) is 21.5. The lowest BCUT2D eigenvalue weighted by Gasteiger charge is -2.11. The topological polar surface area (TPSA) is 322 Å². The predicted octanol–water partition coefficient (Wildman–Crippen LogP) is 12.6. The summed E-state index contributed by atoms with van der Waals surface area (Å²) in [6.07, 6.45) is 6.86. The molecule has 0 amide bonds. The lowest BCUT2D eigenvalue weighted by atomic mass is 10.2. The molecule has 0 unspecified atom stereocenters. The molecule has 100 heavy (non-hydrogen) atoms. The largest absolute Gasteiger partial charge is 0.457 e. The van der Waals surface area contributed by atoms with E-state index in [1.165, 1.54) is 169 Å². The highest BCUT2D eigenvalue weighted by molar-refractivity contribution is 7.22. The molecule has 0 spiro atoms. The van der Waals surface area contributed by atoms with E-state index in [-0.39, 0.29) is 72.4 Å². The van der Waals surface area contributed by atoms with E-state index in [0.29, 0.717) is 44.4 Å². The fourth-order valence-electron chi connectivity index (χ4n) is 7.98. The zero-order valence-electron chi connectivity index (χ0n) is 52.2. The zero-order valence-corrected chi connectivity index (χ0v) is 53.8. The number of thiazole rings is 2. The summed E-state index contributed by atoms with van der Waals surface area (Å²) in [4.78, 5) is 106. The highest BCUT2D eigenvalue weighted by atomic mass is 32.1. The van der Waals surface area contributed by atoms with Crippen LogP contribution in [0.5, 0.6) is 46.0 Å². The van der Waals surface area contributed by atoms with Crippen molar-refractivity contribution in [2.75, 3.05) is 38.0 Å². The standard InChI is InChI=1S/2C36H27N3O10S/c2*1-3-32(40)46-21-44-26-13-9-23(10-14-26)34(42)48-28-17-18-30(25(19-28)20-37-39-36-38-29-7-5-6-8-31(29)50-36)49-35(43)24-11-15-27(16-12-24)45-22-47-33(41)4-2/h2*3-20H,1-2,21-22H2,(H,38,39)/b2*37-20+. The van der Waals surface area contributed by atoms with Gasteiger partial charge in [0.05, 0.1) is 55.1 Å². The van der Waals surface area contributed by atoms with Gasteiger partial charge in [-0.3, -0.25) is 10.9 Å². The molecule has 0 aliphatic carbocycles. The van der Waals surface area contributed by atoms with Gasteiger partial charge in [-0.15, -0.1) is 0 Å². The number of hydrogen-bond acceptors (Lipinski definition) is 28. The van der Waals surface area contributed by atoms with Crippen molar-refractivity contribution in [2.24, 2.45) is 10.2 Å². The van der Waals surface area contributed by atoms with E-state index in [1.807, 2.05) is 48.5 Å². The number of para-hydroxylation sites is 2. The van der Waals surface area contributed by atoms with Crippen molar-refractivity contribution in [2.45, 2.75) is 0 Å². The lowest BCUT2D eigenvalue weighted by Crippen LogP contribution is -2.12. The van der Waals surface area contributed by atoms with Crippen molar-refractivity contribution < 1.29 is 95.2 Å². The summed E-state index contributed by atoms with van der Waals surface area (Å²) in [6, 6.07) is 48.1. The third kappa shape index (κ3) is 21.2. The Labute approximate surface area is 576 Å². The molecule has 2 heterocycles. The van der Waals surface area contributed by atoms with E-state index in [9.17, 15) is 38.4 Å². The second kappa shape index (κ2) is 35.8. The van der Waals surface area contributed by atoms with Gasteiger partial charge in [-0.2, -0.15) is 10.2 Å². The first-order valence-electron chi connectivity index (χ1n) is 29.2. The van der Waals surface area contributed by atoms with Crippen LogP contribution in [-0.4, -0.2) is 97.3 Å². The smallest absolute Gasteiger partial charge is 0.343 e. The maximum Gasteiger partial charge on any atom is 0.343 e. The number of hydrazone groups is 2. The van der Waals surface area contributed by atoms with E-state index < -0.39 is 47.8 Å². The van der Waals surface area contributed by atoms with Gasteiger partial charge < -0.3 is 56.8 Å². The number of carbonyl (C=O) groups is 8. The summed E-state index contributed by atoms with van der Waals surface area (Å²) < 4.78 is 64.8. The van der Waals surface area contributed by atoms with Crippen LogP contribution in [0, 0.1) is 0 Å². The Morgan fingerprint density at radius 1 is 0.360 bits per heavy atom. The summed E-state index contributed by atoms with van der Waals surface area (Å²) in [7, 11) is 0. The van der Waals surface area contributed by atoms with Crippen LogP contribution in [0.2, 0.25) is 0 Å². The van der Waals surface area contributed by atoms with Gasteiger partial charge in [0, 0.05) is 35.4 Å². The van der Waals surface area contributed by atoms with Gasteiger partial charge in [0.2, 0.25) is 37.4 Å². The van der Waals surface area contributed by atoms with E-state index >= 15 is 0 Å². The minimum absolute atomic E-state index is 0.125. The van der Waals surface area contributed by atoms with Crippen LogP contribution in [-0.2, 0) is 38.1 Å². The monoisotopic (exact) mass is 1390 g/mol. The van der Waals surface area contributed by atoms with Crippen LogP contribution >= 0.6 is 22.7 Å². The Morgan fingerprint density at radius 2 is 0.640 bits per heavy atom. The van der Waals surface area contributed by atoms with Crippen molar-refractivity contribution >= 4 is 114 Å². The predicted molar refractivity (Wildman–Crippen MR) is 367 cm³/mol. The van der Waals surface area contributed by atoms with Crippen LogP contribution in [0.15, 0.2) is 243 Å². The number of benzene rings is 8. The Hall–Kier alpha value is -13.6. The second-order valence-electron chi connectivity index (χ2n) is 19.5. The molecule has 0 bridgehead atoms. The van der Waals surface area contributed by atoms with Crippen molar-refractivity contribution in [1.29, 1.82) is 0 Å². The number of fused-ring (bicyclic) bond motifs is 2. The highest BCUT2D eigenvalue weighted by Crippen LogP contribution is 2.31. The molecule has 0 fully saturated rings. The summed E-state index contributed by atoms with van der Waals surface area (Å²) in [5.41, 5.74) is 8.83. The van der Waals surface area contributed by atoms with Crippen LogP contribution in [0.25, 0.3) is 20.4 Å². The molecule has 2 N–H and O–H groups in total. The average Bonchev–Trinajstić information content (AvgIpc) is 1.49. The molecule has 26 nitrogen and oxygen atoms in total. The maximum absolute atomic E-state index is 13.1. The molecular weight excluding hydrogens is 1330 g/mol. The van der Waals surface area contributed by atoms with Gasteiger partial charge in [0.15, 0.2) is 0 Å². The molecule has 504 valence electrons. The fraction of sp³-hybridized carbons (Fsp3) is 0.0556. The highest BCUT2D eigenvalue weighted by Gasteiger charge is 2.19. The van der Waals surface area contributed by atoms with Gasteiger partial charge in [-0.25, -0.2) is 48.3 Å². The van der Waals surface area contributed by atoms with E-state index in [2.05, 4.69) is 57.3 Å². The minimum atomic E-state index is -0.685. The SMILES string of the molecule is C=CC(=O)OCOc1ccc(C(=O)Oc2ccc(OC(=O)c3ccc(OCOC(=O)C=C)cc3)c(/C=N/Nc3nc4ccccc4s3)c2)cc1.C=CC(=O)OCOc1ccc(C(=O)Oc2ccc(OC(=O)c3ccc(OCOC(=O)C=C)cc3)c(/C=N/Nc3nc4ccccc4s3)c2)cc1. The first-order valence-corrected chi connectivity index (χ1v) is 30.8. The first kappa shape index (κ1) is 70.7. The van der Waals surface area contributed by atoms with E-state index in [1.54, 1.807) is 0 Å². The maximum atomic E-state index is 13.1. The van der Waals surface area contributed by atoms with Crippen LogP contribution in [0.1, 0.15) is 52.6 Å². The van der Waals surface area contributed by atoms with Crippen LogP contribution in [0.3, 0.4) is 0 Å². The summed E-state index contributed by atoms with van der Waals surface area (Å²) >= 11 is 2.81. The number of anilines is 2. The fourth-order valence-corrected chi connectivity index (χ4v) is 9.61. The van der Waals surface area contributed by atoms with Crippen molar-refractivity contribution in [3.05, 3.63) is 266 Å². The Balaban J connectivity index is 0.000000233. The average molecular weight is 1390 g/mol. The number of ether oxygens (including phenoxy) is 12. The number of hydrogen-bond donors (Lipinski definition) is 2. The Bertz CT molecular complexity index is 4340. The third-order valence-corrected chi connectivity index (χ3v) is 14.7. The Morgan fingerprint density at radius 3 is 0.930 bits per heavy atom. The molecule has 0 aliphatic rings. The third-order valence-electron chi connectivity index (χ3n) is 12.8. The quantitative estimate of drug-likeness (QED) is 0.00803. The van der Waals surface area contributed by atoms with Gasteiger partial charge in [-0.1, -0.05) is 73.3 Å². The van der Waals surface area contributed by atoms with Gasteiger partial charge in [-0.05, 0) is 158 Å². The summed E-state index contributed by atoms with van der Waals surface area (Å²) in [5, 5.41) is 9.61. The van der Waals surface area contributed by atoms with Crippen molar-refractivity contribution in [3.63, 3.8) is 0 Å². The Kier molecular flexibility index (Phi) is 25.3. The molecule has 0 atom stereocenters. The molecule has 0 saturated heterocycles. The zero-order chi connectivity index (χ0) is 70.6. The molecule has 28 heteroatoms. The molecule has 10 aromatic rings. The number of nitrogens with one attached hydrogen (secondary N) is 2. The van der Waals surface area contributed by atoms with Gasteiger partial charge in [0.1, 0.15) is 46.0 Å². The number of nitrogens with zero attached hydrogens (tertiary/aromatic N) is 4. The molecule has 0 aliphatic heterocycles. The van der Waals surface area contributed by atoms with E-state index in [4.69, 9.17) is 56.8 Å². The molecular formula is C72H54N6O20S2. The molecule has 0 radical (unpaired) electrons. The number of carbonyl (C=O) groups excluding carboxylic acids is 8. The number of esters is 8. The number of rotatable bonds is 30. The van der Waals surface area contributed by atoms with Crippen LogP contribution < -0.4 is 48.7 Å². The van der Waals surface area contributed by atoms with Crippen molar-refractivity contribution in [3.8, 4) is 46.0 Å². The summed E-state index contributed by atoms with van der Waals surface area (Å²) in [6.45, 7) is 11.9. The van der Waals surface area contributed by atoms with E-state index in [0.717, 1.165) is 44.7 Å². The van der Waals surface area contributed by atoms with Gasteiger partial charge in [0.25, 0.3) is 0 Å². The molecule has 0 saturated carbocycles. The van der Waals surface area contributed by atoms with Gasteiger partial charge >= 0.3 is 47.8 Å². The minimum Gasteiger partial charge on any atom is -0.457 e.